The summed E-state index contributed by atoms with van der Waals surface area (Å²) >= 11 is 0. The fourth-order valence-electron chi connectivity index (χ4n) is 2.58. The molecule has 0 radical (unpaired) electrons. The predicted octanol–water partition coefficient (Wildman–Crippen LogP) is 2.10. The summed E-state index contributed by atoms with van der Waals surface area (Å²) in [4.78, 5) is 11.2. The van der Waals surface area contributed by atoms with E-state index in [0.29, 0.717) is 0 Å². The van der Waals surface area contributed by atoms with Gasteiger partial charge in [0.05, 0.1) is 6.61 Å². The average molecular weight is 205 g/mol. The molecule has 1 aromatic rings. The maximum absolute atomic E-state index is 5.75. The van der Waals surface area contributed by atoms with Crippen molar-refractivity contribution in [3.63, 3.8) is 0 Å². The molecule has 1 saturated heterocycles. The van der Waals surface area contributed by atoms with Crippen molar-refractivity contribution in [1.29, 1.82) is 0 Å². The maximum atomic E-state index is 5.75. The topological polar surface area (TPSA) is 21.7 Å². The number of hydroxylamine groups is 2. The van der Waals surface area contributed by atoms with E-state index < -0.39 is 0 Å². The Kier molecular flexibility index (Phi) is 1.89. The number of hydrogen-bond acceptors (Lipinski definition) is 3. The molecule has 1 heterocycles. The van der Waals surface area contributed by atoms with Gasteiger partial charge in [-0.1, -0.05) is 36.4 Å². The Morgan fingerprint density at radius 2 is 2.20 bits per heavy atom. The van der Waals surface area contributed by atoms with Gasteiger partial charge in [-0.3, -0.25) is 9.68 Å². The van der Waals surface area contributed by atoms with Gasteiger partial charge in [-0.25, -0.2) is 0 Å². The Balaban J connectivity index is 2.03. The van der Waals surface area contributed by atoms with E-state index in [-0.39, 0.29) is 11.5 Å². The molecule has 0 amide bonds. The van der Waals surface area contributed by atoms with E-state index >= 15 is 0 Å². The quantitative estimate of drug-likeness (QED) is 0.647. The third-order valence-corrected chi connectivity index (χ3v) is 3.39. The van der Waals surface area contributed by atoms with Gasteiger partial charge >= 0.3 is 0 Å². The van der Waals surface area contributed by atoms with Crippen LogP contribution in [0.25, 0.3) is 0 Å². The molecule has 3 nitrogen and oxygen atoms in total. The largest absolute Gasteiger partial charge is 0.274 e. The third-order valence-electron chi connectivity index (χ3n) is 3.39. The standard InChI is InChI=1S/C12H15NO2/c1-12-7-9-5-3-4-6-10(9)11(12)15-13(2)14-8-12/h3-6,11H,7-8H2,1-2H3/t11-,12-/m0/s1. The molecule has 3 rings (SSSR count). The minimum absolute atomic E-state index is 0.0934. The van der Waals surface area contributed by atoms with Crippen LogP contribution in [-0.4, -0.2) is 18.9 Å². The van der Waals surface area contributed by atoms with Crippen LogP contribution in [0.15, 0.2) is 24.3 Å². The Labute approximate surface area is 89.5 Å². The van der Waals surface area contributed by atoms with Crippen LogP contribution in [0.4, 0.5) is 0 Å². The lowest BCUT2D eigenvalue weighted by atomic mass is 9.85. The monoisotopic (exact) mass is 205 g/mol. The number of benzene rings is 1. The third kappa shape index (κ3) is 1.31. The van der Waals surface area contributed by atoms with Crippen molar-refractivity contribution < 1.29 is 9.68 Å². The van der Waals surface area contributed by atoms with Gasteiger partial charge in [0, 0.05) is 12.5 Å². The number of rotatable bonds is 0. The van der Waals surface area contributed by atoms with E-state index in [1.54, 1.807) is 7.05 Å². The lowest BCUT2D eigenvalue weighted by Gasteiger charge is -2.39. The molecule has 2 aliphatic rings. The molecule has 3 heteroatoms. The van der Waals surface area contributed by atoms with Crippen LogP contribution in [0.1, 0.15) is 24.2 Å². The molecule has 80 valence electrons. The van der Waals surface area contributed by atoms with Crippen molar-refractivity contribution in [2.24, 2.45) is 5.41 Å². The Bertz CT molecular complexity index is 393. The summed E-state index contributed by atoms with van der Waals surface area (Å²) < 4.78 is 0. The van der Waals surface area contributed by atoms with Gasteiger partial charge < -0.3 is 0 Å². The molecule has 0 unspecified atom stereocenters. The van der Waals surface area contributed by atoms with Gasteiger partial charge in [0.25, 0.3) is 0 Å². The summed E-state index contributed by atoms with van der Waals surface area (Å²) in [7, 11) is 1.81. The summed E-state index contributed by atoms with van der Waals surface area (Å²) in [6.45, 7) is 2.95. The molecule has 0 N–H and O–H groups in total. The van der Waals surface area contributed by atoms with Crippen LogP contribution in [0.3, 0.4) is 0 Å². The van der Waals surface area contributed by atoms with Gasteiger partial charge in [-0.05, 0) is 17.5 Å². The van der Waals surface area contributed by atoms with Crippen LogP contribution in [0.5, 0.6) is 0 Å². The molecule has 1 fully saturated rings. The Hall–Kier alpha value is -0.900. The van der Waals surface area contributed by atoms with Crippen molar-refractivity contribution in [2.75, 3.05) is 13.7 Å². The minimum Gasteiger partial charge on any atom is -0.274 e. The van der Waals surface area contributed by atoms with Gasteiger partial charge in [0.15, 0.2) is 0 Å². The summed E-state index contributed by atoms with van der Waals surface area (Å²) in [6, 6.07) is 8.50. The van der Waals surface area contributed by atoms with E-state index in [4.69, 9.17) is 9.68 Å². The first-order chi connectivity index (χ1) is 7.19. The lowest BCUT2D eigenvalue weighted by Crippen LogP contribution is -2.41. The minimum atomic E-state index is 0.0934. The summed E-state index contributed by atoms with van der Waals surface area (Å²) in [5, 5.41) is 1.48. The first kappa shape index (κ1) is 9.33. The highest BCUT2D eigenvalue weighted by Crippen LogP contribution is 2.50. The highest BCUT2D eigenvalue weighted by Gasteiger charge is 2.47. The molecular weight excluding hydrogens is 190 g/mol. The molecule has 1 aliphatic carbocycles. The average Bonchev–Trinajstić information content (AvgIpc) is 2.51. The number of nitrogens with zero attached hydrogens (tertiary/aromatic N) is 1. The van der Waals surface area contributed by atoms with E-state index in [2.05, 4.69) is 31.2 Å². The zero-order chi connectivity index (χ0) is 10.5. The van der Waals surface area contributed by atoms with E-state index in [0.717, 1.165) is 13.0 Å². The lowest BCUT2D eigenvalue weighted by molar-refractivity contribution is -0.430. The number of hydrogen-bond donors (Lipinski definition) is 0. The van der Waals surface area contributed by atoms with Gasteiger partial charge in [-0.2, -0.15) is 0 Å². The fourth-order valence-corrected chi connectivity index (χ4v) is 2.58. The SMILES string of the molecule is CN1OC[C@]2(C)Cc3ccccc3[C@@H]2O1. The van der Waals surface area contributed by atoms with Crippen molar-refractivity contribution in [3.05, 3.63) is 35.4 Å². The summed E-state index contributed by atoms with van der Waals surface area (Å²) in [5.74, 6) is 0. The second-order valence-corrected chi connectivity index (χ2v) is 4.73. The second-order valence-electron chi connectivity index (χ2n) is 4.73. The summed E-state index contributed by atoms with van der Waals surface area (Å²) in [5.41, 5.74) is 2.80. The molecule has 2 atom stereocenters. The first-order valence-corrected chi connectivity index (χ1v) is 5.30. The second kappa shape index (κ2) is 3.04. The van der Waals surface area contributed by atoms with Crippen molar-refractivity contribution in [3.8, 4) is 0 Å². The highest BCUT2D eigenvalue weighted by atomic mass is 17.0. The fraction of sp³-hybridized carbons (Fsp3) is 0.500. The predicted molar refractivity (Wildman–Crippen MR) is 55.8 cm³/mol. The smallest absolute Gasteiger partial charge is 0.115 e. The maximum Gasteiger partial charge on any atom is 0.115 e. The van der Waals surface area contributed by atoms with Gasteiger partial charge in [0.1, 0.15) is 6.10 Å². The van der Waals surface area contributed by atoms with E-state index in [1.807, 2.05) is 0 Å². The van der Waals surface area contributed by atoms with Gasteiger partial charge in [-0.15, -0.1) is 0 Å². The van der Waals surface area contributed by atoms with Crippen LogP contribution in [0.2, 0.25) is 0 Å². The first-order valence-electron chi connectivity index (χ1n) is 5.30. The van der Waals surface area contributed by atoms with Crippen molar-refractivity contribution >= 4 is 0 Å². The highest BCUT2D eigenvalue weighted by molar-refractivity contribution is 5.37. The molecule has 0 bridgehead atoms. The van der Waals surface area contributed by atoms with Crippen LogP contribution < -0.4 is 0 Å². The van der Waals surface area contributed by atoms with Crippen molar-refractivity contribution in [1.82, 2.24) is 5.23 Å². The molecule has 1 aromatic carbocycles. The molecular formula is C12H15NO2. The summed E-state index contributed by atoms with van der Waals surface area (Å²) in [6.07, 6.45) is 1.19. The van der Waals surface area contributed by atoms with Crippen LogP contribution >= 0.6 is 0 Å². The molecule has 15 heavy (non-hydrogen) atoms. The van der Waals surface area contributed by atoms with Crippen LogP contribution in [0, 0.1) is 5.41 Å². The zero-order valence-electron chi connectivity index (χ0n) is 9.06. The Morgan fingerprint density at radius 3 is 3.07 bits per heavy atom. The van der Waals surface area contributed by atoms with Gasteiger partial charge in [0.2, 0.25) is 0 Å². The molecule has 0 aromatic heterocycles. The molecule has 0 saturated carbocycles. The van der Waals surface area contributed by atoms with E-state index in [1.165, 1.54) is 16.4 Å². The van der Waals surface area contributed by atoms with Crippen molar-refractivity contribution in [2.45, 2.75) is 19.4 Å². The molecule has 0 spiro atoms. The van der Waals surface area contributed by atoms with E-state index in [9.17, 15) is 0 Å². The molecule has 1 aliphatic heterocycles. The zero-order valence-corrected chi connectivity index (χ0v) is 9.06. The van der Waals surface area contributed by atoms with Crippen LogP contribution in [-0.2, 0) is 16.1 Å². The number of fused-ring (bicyclic) bond motifs is 3. The Morgan fingerprint density at radius 1 is 1.40 bits per heavy atom. The normalized spacial score (nSPS) is 34.9.